The predicted molar refractivity (Wildman–Crippen MR) is 87.1 cm³/mol. The fraction of sp³-hybridized carbons (Fsp3) is 0.533. The van der Waals surface area contributed by atoms with E-state index in [2.05, 4.69) is 43.3 Å². The highest BCUT2D eigenvalue weighted by atomic mass is 35.5. The van der Waals surface area contributed by atoms with Crippen LogP contribution in [0.4, 0.5) is 5.69 Å². The molecule has 2 rings (SSSR count). The summed E-state index contributed by atoms with van der Waals surface area (Å²) in [5.41, 5.74) is 0.609. The summed E-state index contributed by atoms with van der Waals surface area (Å²) in [4.78, 5) is 4.55. The molecule has 5 heteroatoms. The van der Waals surface area contributed by atoms with E-state index in [1.54, 1.807) is 12.1 Å². The van der Waals surface area contributed by atoms with Crippen LogP contribution < -0.4 is 10.6 Å². The number of hydrogen-bond donors (Lipinski definition) is 2. The molecule has 0 amide bonds. The predicted octanol–water partition coefficient (Wildman–Crippen LogP) is 4.22. The summed E-state index contributed by atoms with van der Waals surface area (Å²) in [5, 5.41) is 8.01. The van der Waals surface area contributed by atoms with Crippen LogP contribution in [0.15, 0.2) is 23.2 Å². The van der Waals surface area contributed by atoms with Crippen LogP contribution in [-0.4, -0.2) is 18.0 Å². The molecule has 0 radical (unpaired) electrons. The quantitative estimate of drug-likeness (QED) is 0.876. The van der Waals surface area contributed by atoms with Crippen molar-refractivity contribution in [1.29, 1.82) is 0 Å². The van der Waals surface area contributed by atoms with Crippen molar-refractivity contribution in [1.82, 2.24) is 10.6 Å². The molecule has 0 bridgehead atoms. The second kappa shape index (κ2) is 6.23. The summed E-state index contributed by atoms with van der Waals surface area (Å²) in [6, 6.07) is 6.12. The first kappa shape index (κ1) is 15.5. The molecule has 0 aliphatic carbocycles. The second-order valence-corrected chi connectivity index (χ2v) is 6.67. The maximum atomic E-state index is 6.16. The smallest absolute Gasteiger partial charge is 0.197 e. The van der Waals surface area contributed by atoms with Gasteiger partial charge >= 0.3 is 0 Å². The first-order chi connectivity index (χ1) is 9.40. The largest absolute Gasteiger partial charge is 0.351 e. The lowest BCUT2D eigenvalue weighted by Crippen LogP contribution is -2.41. The Balaban J connectivity index is 2.29. The Morgan fingerprint density at radius 2 is 1.40 bits per heavy atom. The van der Waals surface area contributed by atoms with Gasteiger partial charge < -0.3 is 10.6 Å². The van der Waals surface area contributed by atoms with E-state index in [1.165, 1.54) is 0 Å². The molecule has 0 aromatic heterocycles. The minimum Gasteiger partial charge on any atom is -0.351 e. The van der Waals surface area contributed by atoms with E-state index in [0.29, 0.717) is 39.7 Å². The van der Waals surface area contributed by atoms with Crippen molar-refractivity contribution in [3.05, 3.63) is 28.2 Å². The standard InChI is InChI=1S/C15H21Cl2N3/c1-8(2)12-13(9(3)4)19-15(18-12)20-14-10(16)6-5-7-11(14)17/h5-9,12-13H,1-4H3,(H2,18,19,20)/t12-,13-/m0/s1. The lowest BCUT2D eigenvalue weighted by molar-refractivity contribution is 0.337. The van der Waals surface area contributed by atoms with Gasteiger partial charge in [-0.25, -0.2) is 4.99 Å². The molecule has 1 aromatic rings. The van der Waals surface area contributed by atoms with E-state index in [1.807, 2.05) is 6.07 Å². The van der Waals surface area contributed by atoms with Crippen LogP contribution >= 0.6 is 23.2 Å². The second-order valence-electron chi connectivity index (χ2n) is 5.86. The molecule has 20 heavy (non-hydrogen) atoms. The van der Waals surface area contributed by atoms with Crippen LogP contribution in [0, 0.1) is 11.8 Å². The van der Waals surface area contributed by atoms with Gasteiger partial charge in [-0.1, -0.05) is 57.0 Å². The van der Waals surface area contributed by atoms with Crippen molar-refractivity contribution in [2.75, 3.05) is 0 Å². The van der Waals surface area contributed by atoms with E-state index >= 15 is 0 Å². The van der Waals surface area contributed by atoms with Crippen LogP contribution in [0.1, 0.15) is 27.7 Å². The fourth-order valence-corrected chi connectivity index (χ4v) is 2.95. The van der Waals surface area contributed by atoms with Gasteiger partial charge in [0.25, 0.3) is 0 Å². The third-order valence-corrected chi connectivity index (χ3v) is 4.20. The summed E-state index contributed by atoms with van der Waals surface area (Å²) in [7, 11) is 0. The lowest BCUT2D eigenvalue weighted by Gasteiger charge is -2.24. The molecular weight excluding hydrogens is 293 g/mol. The number of rotatable bonds is 3. The highest BCUT2D eigenvalue weighted by Gasteiger charge is 2.34. The summed E-state index contributed by atoms with van der Waals surface area (Å²) < 4.78 is 0. The topological polar surface area (TPSA) is 36.4 Å². The van der Waals surface area contributed by atoms with Crippen molar-refractivity contribution in [2.45, 2.75) is 39.8 Å². The summed E-state index contributed by atoms with van der Waals surface area (Å²) >= 11 is 12.3. The molecule has 3 nitrogen and oxygen atoms in total. The van der Waals surface area contributed by atoms with Crippen molar-refractivity contribution in [3.8, 4) is 0 Å². The molecule has 1 aliphatic rings. The molecule has 0 unspecified atom stereocenters. The minimum atomic E-state index is 0.356. The van der Waals surface area contributed by atoms with Gasteiger partial charge in [-0.2, -0.15) is 0 Å². The number of nitrogens with zero attached hydrogens (tertiary/aromatic N) is 1. The van der Waals surface area contributed by atoms with Crippen LogP contribution in [0.5, 0.6) is 0 Å². The highest BCUT2D eigenvalue weighted by Crippen LogP contribution is 2.33. The third-order valence-electron chi connectivity index (χ3n) is 3.59. The molecular formula is C15H21Cl2N3. The Kier molecular flexibility index (Phi) is 4.82. The first-order valence-electron chi connectivity index (χ1n) is 6.96. The maximum Gasteiger partial charge on any atom is 0.197 e. The molecule has 1 fully saturated rings. The van der Waals surface area contributed by atoms with Gasteiger partial charge in [-0.15, -0.1) is 0 Å². The lowest BCUT2D eigenvalue weighted by atomic mass is 9.90. The average molecular weight is 314 g/mol. The third kappa shape index (κ3) is 3.21. The monoisotopic (exact) mass is 313 g/mol. The highest BCUT2D eigenvalue weighted by molar-refractivity contribution is 6.38. The molecule has 1 saturated heterocycles. The molecule has 1 aromatic carbocycles. The zero-order chi connectivity index (χ0) is 14.9. The van der Waals surface area contributed by atoms with Crippen LogP contribution in [-0.2, 0) is 0 Å². The van der Waals surface area contributed by atoms with Gasteiger partial charge in [0.2, 0.25) is 0 Å². The van der Waals surface area contributed by atoms with Crippen LogP contribution in [0.3, 0.4) is 0 Å². The van der Waals surface area contributed by atoms with Gasteiger partial charge in [0, 0.05) is 0 Å². The van der Waals surface area contributed by atoms with Crippen molar-refractivity contribution in [2.24, 2.45) is 16.8 Å². The first-order valence-corrected chi connectivity index (χ1v) is 7.71. The Morgan fingerprint density at radius 1 is 0.950 bits per heavy atom. The number of aliphatic imine (C=N–C) groups is 1. The average Bonchev–Trinajstić information content (AvgIpc) is 2.78. The van der Waals surface area contributed by atoms with E-state index in [9.17, 15) is 0 Å². The molecule has 1 heterocycles. The van der Waals surface area contributed by atoms with Gasteiger partial charge in [0.15, 0.2) is 5.96 Å². The van der Waals surface area contributed by atoms with Gasteiger partial charge in [0.05, 0.1) is 22.1 Å². The van der Waals surface area contributed by atoms with Crippen LogP contribution in [0.25, 0.3) is 0 Å². The molecule has 0 spiro atoms. The molecule has 1 aliphatic heterocycles. The van der Waals surface area contributed by atoms with Gasteiger partial charge in [0.1, 0.15) is 5.69 Å². The zero-order valence-electron chi connectivity index (χ0n) is 12.2. The zero-order valence-corrected chi connectivity index (χ0v) is 13.8. The number of para-hydroxylation sites is 1. The van der Waals surface area contributed by atoms with Gasteiger partial charge in [-0.3, -0.25) is 0 Å². The fourth-order valence-electron chi connectivity index (χ4n) is 2.47. The molecule has 0 saturated carbocycles. The van der Waals surface area contributed by atoms with E-state index in [0.717, 1.165) is 5.96 Å². The SMILES string of the molecule is CC(C)[C@@H]1NC(=Nc2c(Cl)cccc2Cl)N[C@H]1C(C)C. The summed E-state index contributed by atoms with van der Waals surface area (Å²) in [6.07, 6.45) is 0. The number of hydrogen-bond acceptors (Lipinski definition) is 1. The summed E-state index contributed by atoms with van der Waals surface area (Å²) in [5.74, 6) is 1.78. The van der Waals surface area contributed by atoms with E-state index < -0.39 is 0 Å². The van der Waals surface area contributed by atoms with Crippen molar-refractivity contribution in [3.63, 3.8) is 0 Å². The Bertz CT molecular complexity index is 474. The number of halogens is 2. The van der Waals surface area contributed by atoms with Crippen molar-refractivity contribution >= 4 is 34.8 Å². The Hall–Kier alpha value is -0.930. The maximum absolute atomic E-state index is 6.16. The normalized spacial score (nSPS) is 22.1. The Morgan fingerprint density at radius 3 is 1.80 bits per heavy atom. The number of benzene rings is 1. The number of nitrogens with one attached hydrogen (secondary N) is 2. The summed E-state index contributed by atoms with van der Waals surface area (Å²) in [6.45, 7) is 8.83. The molecule has 2 N–H and O–H groups in total. The minimum absolute atomic E-state index is 0.356. The van der Waals surface area contributed by atoms with Crippen LogP contribution in [0.2, 0.25) is 10.0 Å². The van der Waals surface area contributed by atoms with E-state index in [-0.39, 0.29) is 0 Å². The van der Waals surface area contributed by atoms with Crippen molar-refractivity contribution < 1.29 is 0 Å². The van der Waals surface area contributed by atoms with Gasteiger partial charge in [-0.05, 0) is 24.0 Å². The Labute approximate surface area is 130 Å². The number of guanidine groups is 1. The molecule has 110 valence electrons. The van der Waals surface area contributed by atoms with E-state index in [4.69, 9.17) is 23.2 Å². The molecule has 2 atom stereocenters.